The number of sulfone groups is 1. The lowest BCUT2D eigenvalue weighted by atomic mass is 9.93. The Labute approximate surface area is 111 Å². The van der Waals surface area contributed by atoms with Gasteiger partial charge in [0.25, 0.3) is 0 Å². The molecule has 1 N–H and O–H groups in total. The van der Waals surface area contributed by atoms with Crippen LogP contribution in [-0.2, 0) is 14.6 Å². The molecule has 4 nitrogen and oxygen atoms in total. The van der Waals surface area contributed by atoms with Gasteiger partial charge in [0, 0.05) is 11.8 Å². The maximum absolute atomic E-state index is 11.3. The lowest BCUT2D eigenvalue weighted by Crippen LogP contribution is -2.36. The van der Waals surface area contributed by atoms with E-state index >= 15 is 0 Å². The lowest BCUT2D eigenvalue weighted by molar-refractivity contribution is 0.0315. The van der Waals surface area contributed by atoms with Crippen molar-refractivity contribution in [3.05, 3.63) is 0 Å². The van der Waals surface area contributed by atoms with Crippen molar-refractivity contribution in [1.29, 1.82) is 0 Å². The summed E-state index contributed by atoms with van der Waals surface area (Å²) < 4.78 is 28.3. The van der Waals surface area contributed by atoms with Crippen molar-refractivity contribution >= 4 is 9.84 Å². The predicted molar refractivity (Wildman–Crippen MR) is 74.6 cm³/mol. The molecule has 0 radical (unpaired) electrons. The second-order valence-corrected chi connectivity index (χ2v) is 7.51. The van der Waals surface area contributed by atoms with Crippen molar-refractivity contribution in [3.63, 3.8) is 0 Å². The Morgan fingerprint density at radius 1 is 1.17 bits per heavy atom. The predicted octanol–water partition coefficient (Wildman–Crippen LogP) is 1.75. The molecule has 5 heteroatoms. The summed E-state index contributed by atoms with van der Waals surface area (Å²) in [4.78, 5) is 0. The van der Waals surface area contributed by atoms with Gasteiger partial charge in [-0.1, -0.05) is 13.8 Å². The number of ether oxygens (including phenoxy) is 1. The summed E-state index contributed by atoms with van der Waals surface area (Å²) in [6, 6.07) is 0.629. The molecule has 0 heterocycles. The van der Waals surface area contributed by atoms with E-state index in [9.17, 15) is 8.42 Å². The molecule has 1 aliphatic rings. The zero-order chi connectivity index (χ0) is 13.4. The van der Waals surface area contributed by atoms with E-state index in [1.807, 2.05) is 0 Å². The quantitative estimate of drug-likeness (QED) is 0.734. The van der Waals surface area contributed by atoms with E-state index < -0.39 is 9.84 Å². The summed E-state index contributed by atoms with van der Waals surface area (Å²) in [5.41, 5.74) is 0. The zero-order valence-corrected chi connectivity index (χ0v) is 12.5. The Morgan fingerprint density at radius 3 is 2.39 bits per heavy atom. The maximum atomic E-state index is 11.3. The van der Waals surface area contributed by atoms with Gasteiger partial charge in [-0.3, -0.25) is 0 Å². The van der Waals surface area contributed by atoms with Gasteiger partial charge in [-0.2, -0.15) is 0 Å². The highest BCUT2D eigenvalue weighted by atomic mass is 32.2. The van der Waals surface area contributed by atoms with Crippen LogP contribution in [0.2, 0.25) is 0 Å². The van der Waals surface area contributed by atoms with Crippen molar-refractivity contribution in [1.82, 2.24) is 5.32 Å². The highest BCUT2D eigenvalue weighted by molar-refractivity contribution is 7.91. The summed E-state index contributed by atoms with van der Waals surface area (Å²) >= 11 is 0. The molecule has 18 heavy (non-hydrogen) atoms. The Balaban J connectivity index is 2.12. The normalized spacial score (nSPS) is 25.2. The van der Waals surface area contributed by atoms with Crippen LogP contribution in [-0.4, -0.2) is 45.2 Å². The Kier molecular flexibility index (Phi) is 7.19. The number of hydrogen-bond acceptors (Lipinski definition) is 4. The van der Waals surface area contributed by atoms with Crippen molar-refractivity contribution in [3.8, 4) is 0 Å². The minimum absolute atomic E-state index is 0.164. The lowest BCUT2D eigenvalue weighted by Gasteiger charge is -2.29. The molecule has 1 saturated carbocycles. The average molecular weight is 277 g/mol. The molecule has 108 valence electrons. The van der Waals surface area contributed by atoms with Crippen LogP contribution in [0.3, 0.4) is 0 Å². The van der Waals surface area contributed by atoms with Gasteiger partial charge in [0.15, 0.2) is 9.84 Å². The third-order valence-electron chi connectivity index (χ3n) is 3.54. The van der Waals surface area contributed by atoms with E-state index in [0.29, 0.717) is 12.6 Å². The molecule has 1 fully saturated rings. The first-order chi connectivity index (χ1) is 8.57. The molecule has 0 unspecified atom stereocenters. The van der Waals surface area contributed by atoms with Gasteiger partial charge >= 0.3 is 0 Å². The van der Waals surface area contributed by atoms with Crippen LogP contribution >= 0.6 is 0 Å². The molecule has 0 saturated heterocycles. The molecule has 0 spiro atoms. The van der Waals surface area contributed by atoms with E-state index in [2.05, 4.69) is 12.2 Å². The van der Waals surface area contributed by atoms with Gasteiger partial charge in [-0.25, -0.2) is 8.42 Å². The van der Waals surface area contributed by atoms with Crippen LogP contribution in [0.5, 0.6) is 0 Å². The fraction of sp³-hybridized carbons (Fsp3) is 1.00. The van der Waals surface area contributed by atoms with E-state index in [1.54, 1.807) is 6.92 Å². The minimum Gasteiger partial charge on any atom is -0.377 e. The molecule has 1 rings (SSSR count). The highest BCUT2D eigenvalue weighted by Crippen LogP contribution is 2.21. The zero-order valence-electron chi connectivity index (χ0n) is 11.7. The summed E-state index contributed by atoms with van der Waals surface area (Å²) in [6.07, 6.45) is 5.82. The Bertz CT molecular complexity index is 308. The summed E-state index contributed by atoms with van der Waals surface area (Å²) in [5, 5.41) is 3.53. The van der Waals surface area contributed by atoms with Gasteiger partial charge in [0.05, 0.1) is 18.5 Å². The van der Waals surface area contributed by atoms with Crippen LogP contribution in [0.25, 0.3) is 0 Å². The third kappa shape index (κ3) is 6.16. The van der Waals surface area contributed by atoms with Gasteiger partial charge in [0.2, 0.25) is 0 Å². The molecule has 0 aromatic carbocycles. The number of rotatable bonds is 8. The smallest absolute Gasteiger partial charge is 0.152 e. The topological polar surface area (TPSA) is 55.4 Å². The summed E-state index contributed by atoms with van der Waals surface area (Å²) in [5.74, 6) is 0.377. The van der Waals surface area contributed by atoms with E-state index in [4.69, 9.17) is 4.74 Å². The standard InChI is InChI=1S/C13H27NO3S/c1-3-9-14-12-5-7-13(8-6-12)17-10-11-18(15,16)4-2/h12-14H,3-11H2,1-2H3. The van der Waals surface area contributed by atoms with E-state index in [1.165, 1.54) is 6.42 Å². The first kappa shape index (κ1) is 15.9. The molecule has 1 aliphatic carbocycles. The number of hydrogen-bond donors (Lipinski definition) is 1. The monoisotopic (exact) mass is 277 g/mol. The highest BCUT2D eigenvalue weighted by Gasteiger charge is 2.21. The van der Waals surface area contributed by atoms with Crippen LogP contribution in [0.15, 0.2) is 0 Å². The van der Waals surface area contributed by atoms with Crippen molar-refractivity contribution in [2.24, 2.45) is 0 Å². The second-order valence-electron chi connectivity index (χ2n) is 5.03. The molecule has 0 aromatic heterocycles. The van der Waals surface area contributed by atoms with Crippen molar-refractivity contribution in [2.45, 2.75) is 58.1 Å². The largest absolute Gasteiger partial charge is 0.377 e. The molecule has 0 aromatic rings. The average Bonchev–Trinajstić information content (AvgIpc) is 2.38. The van der Waals surface area contributed by atoms with E-state index in [-0.39, 0.29) is 17.6 Å². The molecular weight excluding hydrogens is 250 g/mol. The minimum atomic E-state index is -2.88. The number of nitrogens with one attached hydrogen (secondary N) is 1. The van der Waals surface area contributed by atoms with Gasteiger partial charge in [0.1, 0.15) is 0 Å². The summed E-state index contributed by atoms with van der Waals surface area (Å²) in [6.45, 7) is 5.30. The van der Waals surface area contributed by atoms with Crippen LogP contribution in [0, 0.1) is 0 Å². The van der Waals surface area contributed by atoms with Gasteiger partial charge in [-0.05, 0) is 38.6 Å². The second kappa shape index (κ2) is 8.12. The van der Waals surface area contributed by atoms with Crippen molar-refractivity contribution < 1.29 is 13.2 Å². The Morgan fingerprint density at radius 2 is 1.83 bits per heavy atom. The maximum Gasteiger partial charge on any atom is 0.152 e. The van der Waals surface area contributed by atoms with Crippen LogP contribution < -0.4 is 5.32 Å². The fourth-order valence-electron chi connectivity index (χ4n) is 2.27. The molecular formula is C13H27NO3S. The van der Waals surface area contributed by atoms with E-state index in [0.717, 1.165) is 32.2 Å². The van der Waals surface area contributed by atoms with Gasteiger partial charge < -0.3 is 10.1 Å². The Hall–Kier alpha value is -0.130. The van der Waals surface area contributed by atoms with Crippen molar-refractivity contribution in [2.75, 3.05) is 24.7 Å². The van der Waals surface area contributed by atoms with Crippen LogP contribution in [0.4, 0.5) is 0 Å². The summed E-state index contributed by atoms with van der Waals surface area (Å²) in [7, 11) is -2.88. The van der Waals surface area contributed by atoms with Crippen LogP contribution in [0.1, 0.15) is 46.0 Å². The first-order valence-corrected chi connectivity index (χ1v) is 8.95. The SMILES string of the molecule is CCCNC1CCC(OCCS(=O)(=O)CC)CC1. The third-order valence-corrected chi connectivity index (χ3v) is 5.21. The van der Waals surface area contributed by atoms with Gasteiger partial charge in [-0.15, -0.1) is 0 Å². The molecule has 0 bridgehead atoms. The first-order valence-electron chi connectivity index (χ1n) is 7.12. The molecule has 0 aliphatic heterocycles. The molecule has 0 atom stereocenters. The fourth-order valence-corrected chi connectivity index (χ4v) is 2.91. The molecule has 0 amide bonds.